The van der Waals surface area contributed by atoms with Crippen LogP contribution in [0, 0.1) is 17.8 Å². The van der Waals surface area contributed by atoms with Gasteiger partial charge in [-0.3, -0.25) is 0 Å². The van der Waals surface area contributed by atoms with Gasteiger partial charge in [0.05, 0.1) is 6.04 Å². The lowest BCUT2D eigenvalue weighted by Crippen LogP contribution is -2.43. The van der Waals surface area contributed by atoms with Crippen molar-refractivity contribution in [2.75, 3.05) is 6.54 Å². The number of rotatable bonds is 6. The standard InChI is InChI=1S/C20H23F3N4O2/c21-20(22,23)15-8-25-19(28)27(15)9-10-1-6-14-13(7-10)26-18(29-14)17(24)16(11-2-3-11)12-4-5-12/h1,6-7,11-12,15-17H,2-5,8-9,24H2,(H,25,28)/t15-,17-/m0/s1. The van der Waals surface area contributed by atoms with Crippen LogP contribution in [0.5, 0.6) is 0 Å². The molecule has 0 bridgehead atoms. The summed E-state index contributed by atoms with van der Waals surface area (Å²) < 4.78 is 45.4. The Balaban J connectivity index is 1.37. The Kier molecular flexibility index (Phi) is 4.27. The number of oxazole rings is 1. The Morgan fingerprint density at radius 1 is 1.24 bits per heavy atom. The van der Waals surface area contributed by atoms with E-state index >= 15 is 0 Å². The zero-order valence-corrected chi connectivity index (χ0v) is 15.8. The van der Waals surface area contributed by atoms with Gasteiger partial charge in [-0.05, 0) is 61.1 Å². The summed E-state index contributed by atoms with van der Waals surface area (Å²) >= 11 is 0. The van der Waals surface area contributed by atoms with Crippen molar-refractivity contribution in [2.45, 2.75) is 50.5 Å². The lowest BCUT2D eigenvalue weighted by molar-refractivity contribution is -0.169. The Morgan fingerprint density at radius 2 is 1.93 bits per heavy atom. The predicted molar refractivity (Wildman–Crippen MR) is 98.7 cm³/mol. The fourth-order valence-electron chi connectivity index (χ4n) is 4.54. The molecule has 2 aromatic rings. The quantitative estimate of drug-likeness (QED) is 0.763. The van der Waals surface area contributed by atoms with Crippen LogP contribution in [0.3, 0.4) is 0 Å². The smallest absolute Gasteiger partial charge is 0.410 e. The van der Waals surface area contributed by atoms with Crippen LogP contribution in [0.15, 0.2) is 22.6 Å². The molecule has 9 heteroatoms. The molecular formula is C20H23F3N4O2. The Hall–Kier alpha value is -2.29. The van der Waals surface area contributed by atoms with Crippen LogP contribution in [0.1, 0.15) is 43.2 Å². The highest BCUT2D eigenvalue weighted by Crippen LogP contribution is 2.53. The average molecular weight is 408 g/mol. The van der Waals surface area contributed by atoms with Gasteiger partial charge in [-0.2, -0.15) is 13.2 Å². The van der Waals surface area contributed by atoms with E-state index in [1.54, 1.807) is 18.2 Å². The van der Waals surface area contributed by atoms with Gasteiger partial charge in [-0.1, -0.05) is 6.07 Å². The van der Waals surface area contributed by atoms with Crippen molar-refractivity contribution >= 4 is 17.1 Å². The molecule has 0 spiro atoms. The van der Waals surface area contributed by atoms with E-state index in [0.717, 1.165) is 4.90 Å². The van der Waals surface area contributed by atoms with Gasteiger partial charge in [-0.25, -0.2) is 9.78 Å². The second-order valence-electron chi connectivity index (χ2n) is 8.50. The van der Waals surface area contributed by atoms with Gasteiger partial charge in [0.2, 0.25) is 5.89 Å². The zero-order valence-electron chi connectivity index (χ0n) is 15.8. The van der Waals surface area contributed by atoms with Crippen LogP contribution in [-0.2, 0) is 6.54 Å². The summed E-state index contributed by atoms with van der Waals surface area (Å²) in [5, 5.41) is 2.26. The van der Waals surface area contributed by atoms with Crippen molar-refractivity contribution in [1.82, 2.24) is 15.2 Å². The first-order valence-electron chi connectivity index (χ1n) is 10.1. The number of benzene rings is 1. The molecule has 5 rings (SSSR count). The molecule has 2 heterocycles. The molecule has 2 aliphatic carbocycles. The van der Waals surface area contributed by atoms with E-state index < -0.39 is 24.8 Å². The molecule has 1 aromatic heterocycles. The van der Waals surface area contributed by atoms with Crippen molar-refractivity contribution in [3.05, 3.63) is 29.7 Å². The molecule has 3 fully saturated rings. The van der Waals surface area contributed by atoms with E-state index in [1.807, 2.05) is 0 Å². The molecule has 3 N–H and O–H groups in total. The summed E-state index contributed by atoms with van der Waals surface area (Å²) in [6.07, 6.45) is 0.349. The van der Waals surface area contributed by atoms with Gasteiger partial charge in [-0.15, -0.1) is 0 Å². The number of fused-ring (bicyclic) bond motifs is 1. The first-order chi connectivity index (χ1) is 13.8. The number of halogens is 3. The highest BCUT2D eigenvalue weighted by molar-refractivity contribution is 5.78. The molecule has 2 saturated carbocycles. The second kappa shape index (κ2) is 6.62. The Labute approximate surface area is 165 Å². The molecule has 3 aliphatic rings. The summed E-state index contributed by atoms with van der Waals surface area (Å²) in [6, 6.07) is 2.23. The van der Waals surface area contributed by atoms with Gasteiger partial charge in [0.1, 0.15) is 11.6 Å². The number of nitrogens with zero attached hydrogens (tertiary/aromatic N) is 2. The number of carbonyl (C=O) groups excluding carboxylic acids is 1. The van der Waals surface area contributed by atoms with Crippen LogP contribution >= 0.6 is 0 Å². The maximum Gasteiger partial charge on any atom is 0.410 e. The summed E-state index contributed by atoms with van der Waals surface area (Å²) in [7, 11) is 0. The minimum absolute atomic E-state index is 0.146. The number of aromatic nitrogens is 1. The Bertz CT molecular complexity index is 923. The number of nitrogens with one attached hydrogen (secondary N) is 1. The SMILES string of the molecule is N[C@H](c1nc2cc(CN3C(=O)NC[C@H]3C(F)(F)F)ccc2o1)C(C1CC1)C1CC1. The topological polar surface area (TPSA) is 84.4 Å². The largest absolute Gasteiger partial charge is 0.439 e. The van der Waals surface area contributed by atoms with Gasteiger partial charge in [0.15, 0.2) is 5.58 Å². The zero-order chi connectivity index (χ0) is 20.3. The van der Waals surface area contributed by atoms with Gasteiger partial charge in [0.25, 0.3) is 0 Å². The van der Waals surface area contributed by atoms with Crippen LogP contribution < -0.4 is 11.1 Å². The average Bonchev–Trinajstić information content (AvgIpc) is 3.58. The fourth-order valence-corrected chi connectivity index (χ4v) is 4.54. The molecule has 0 unspecified atom stereocenters. The summed E-state index contributed by atoms with van der Waals surface area (Å²) in [5.41, 5.74) is 8.18. The summed E-state index contributed by atoms with van der Waals surface area (Å²) in [4.78, 5) is 17.2. The predicted octanol–water partition coefficient (Wildman–Crippen LogP) is 3.72. The molecule has 29 heavy (non-hydrogen) atoms. The maximum absolute atomic E-state index is 13.2. The summed E-state index contributed by atoms with van der Waals surface area (Å²) in [5.74, 6) is 2.18. The third kappa shape index (κ3) is 3.56. The van der Waals surface area contributed by atoms with Crippen molar-refractivity contribution in [1.29, 1.82) is 0 Å². The van der Waals surface area contributed by atoms with Crippen molar-refractivity contribution < 1.29 is 22.4 Å². The van der Waals surface area contributed by atoms with Crippen molar-refractivity contribution in [3.63, 3.8) is 0 Å². The normalized spacial score (nSPS) is 23.8. The first kappa shape index (κ1) is 18.7. The van der Waals surface area contributed by atoms with E-state index in [4.69, 9.17) is 10.2 Å². The second-order valence-corrected chi connectivity index (χ2v) is 8.50. The number of nitrogens with two attached hydrogens (primary N) is 1. The number of alkyl halides is 3. The molecule has 2 atom stereocenters. The van der Waals surface area contributed by atoms with Crippen LogP contribution in [0.2, 0.25) is 0 Å². The van der Waals surface area contributed by atoms with E-state index in [0.29, 0.717) is 40.3 Å². The molecule has 1 saturated heterocycles. The van der Waals surface area contributed by atoms with Crippen LogP contribution in [0.25, 0.3) is 11.1 Å². The number of urea groups is 1. The van der Waals surface area contributed by atoms with E-state index in [9.17, 15) is 18.0 Å². The molecular weight excluding hydrogens is 385 g/mol. The minimum atomic E-state index is -4.47. The van der Waals surface area contributed by atoms with Gasteiger partial charge in [0, 0.05) is 13.1 Å². The fraction of sp³-hybridized carbons (Fsp3) is 0.600. The lowest BCUT2D eigenvalue weighted by Gasteiger charge is -2.24. The van der Waals surface area contributed by atoms with Gasteiger partial charge < -0.3 is 20.4 Å². The third-order valence-electron chi connectivity index (χ3n) is 6.32. The third-order valence-corrected chi connectivity index (χ3v) is 6.32. The molecule has 156 valence electrons. The lowest BCUT2D eigenvalue weighted by atomic mass is 9.90. The number of hydrogen-bond donors (Lipinski definition) is 2. The number of carbonyl (C=O) groups is 1. The minimum Gasteiger partial charge on any atom is -0.439 e. The van der Waals surface area contributed by atoms with Gasteiger partial charge >= 0.3 is 12.2 Å². The highest BCUT2D eigenvalue weighted by Gasteiger charge is 2.49. The van der Waals surface area contributed by atoms with Crippen molar-refractivity contribution in [3.8, 4) is 0 Å². The van der Waals surface area contributed by atoms with E-state index in [1.165, 1.54) is 25.7 Å². The van der Waals surface area contributed by atoms with E-state index in [-0.39, 0.29) is 12.6 Å². The van der Waals surface area contributed by atoms with Crippen LogP contribution in [0.4, 0.5) is 18.0 Å². The number of amides is 2. The molecule has 1 aliphatic heterocycles. The molecule has 2 amide bonds. The maximum atomic E-state index is 13.2. The number of hydrogen-bond acceptors (Lipinski definition) is 4. The summed E-state index contributed by atoms with van der Waals surface area (Å²) in [6.45, 7) is -0.579. The molecule has 6 nitrogen and oxygen atoms in total. The first-order valence-corrected chi connectivity index (χ1v) is 10.1. The van der Waals surface area contributed by atoms with E-state index in [2.05, 4.69) is 10.3 Å². The molecule has 1 aromatic carbocycles. The van der Waals surface area contributed by atoms with Crippen LogP contribution in [-0.4, -0.2) is 34.7 Å². The monoisotopic (exact) mass is 408 g/mol. The molecule has 0 radical (unpaired) electrons. The Morgan fingerprint density at radius 3 is 2.55 bits per heavy atom. The van der Waals surface area contributed by atoms with Crippen molar-refractivity contribution in [2.24, 2.45) is 23.5 Å². The highest BCUT2D eigenvalue weighted by atomic mass is 19.4.